The van der Waals surface area contributed by atoms with Crippen LogP contribution in [0.2, 0.25) is 0 Å². The largest absolute Gasteiger partial charge is 0.383 e. The zero-order valence-corrected chi connectivity index (χ0v) is 11.2. The maximum absolute atomic E-state index is 4.98. The topological polar surface area (TPSA) is 39.1 Å². The van der Waals surface area contributed by atoms with E-state index in [1.54, 1.807) is 7.11 Å². The third-order valence-corrected chi connectivity index (χ3v) is 2.45. The molecule has 1 N–H and O–H groups in total. The van der Waals surface area contributed by atoms with Crippen LogP contribution in [0.25, 0.3) is 6.08 Å². The lowest BCUT2D eigenvalue weighted by atomic mass is 10.2. The second-order valence-electron chi connectivity index (χ2n) is 4.51. The third kappa shape index (κ3) is 5.15. The molecular formula is C13H23N3O. The summed E-state index contributed by atoms with van der Waals surface area (Å²) in [6, 6.07) is 0.414. The smallest absolute Gasteiger partial charge is 0.0587 e. The van der Waals surface area contributed by atoms with Crippen LogP contribution in [0.15, 0.2) is 18.0 Å². The molecule has 4 heteroatoms. The molecule has 17 heavy (non-hydrogen) atoms. The average molecular weight is 237 g/mol. The molecule has 1 aromatic rings. The van der Waals surface area contributed by atoms with E-state index < -0.39 is 0 Å². The zero-order valence-electron chi connectivity index (χ0n) is 11.2. The van der Waals surface area contributed by atoms with Gasteiger partial charge >= 0.3 is 0 Å². The average Bonchev–Trinajstić information content (AvgIpc) is 2.73. The molecular weight excluding hydrogens is 214 g/mol. The van der Waals surface area contributed by atoms with Crippen molar-refractivity contribution in [3.8, 4) is 0 Å². The molecule has 0 aliphatic heterocycles. The molecule has 0 saturated heterocycles. The molecule has 0 fully saturated rings. The summed E-state index contributed by atoms with van der Waals surface area (Å²) >= 11 is 0. The summed E-state index contributed by atoms with van der Waals surface area (Å²) in [5.41, 5.74) is 2.45. The molecule has 0 aliphatic rings. The van der Waals surface area contributed by atoms with Crippen molar-refractivity contribution in [3.63, 3.8) is 0 Å². The number of hydrogen-bond acceptors (Lipinski definition) is 3. The Morgan fingerprint density at radius 1 is 1.59 bits per heavy atom. The highest BCUT2D eigenvalue weighted by molar-refractivity contribution is 5.50. The Balaban J connectivity index is 2.43. The van der Waals surface area contributed by atoms with Gasteiger partial charge < -0.3 is 10.1 Å². The fourth-order valence-corrected chi connectivity index (χ4v) is 1.51. The number of nitrogens with zero attached hydrogens (tertiary/aromatic N) is 2. The molecule has 0 aliphatic carbocycles. The van der Waals surface area contributed by atoms with Crippen molar-refractivity contribution < 1.29 is 4.74 Å². The van der Waals surface area contributed by atoms with Gasteiger partial charge in [-0.05, 0) is 20.8 Å². The molecule has 0 unspecified atom stereocenters. The lowest BCUT2D eigenvalue weighted by Gasteiger charge is -2.04. The standard InChI is InChI=1S/C13H23N3O/c1-11(2)16-10-13(9-15-16)7-12(3)8-14-5-6-17-4/h7,9-11,14H,5-6,8H2,1-4H3. The minimum atomic E-state index is 0.414. The monoisotopic (exact) mass is 237 g/mol. The number of rotatable bonds is 7. The van der Waals surface area contributed by atoms with Gasteiger partial charge in [-0.2, -0.15) is 5.10 Å². The molecule has 96 valence electrons. The molecule has 0 atom stereocenters. The maximum Gasteiger partial charge on any atom is 0.0587 e. The second-order valence-corrected chi connectivity index (χ2v) is 4.51. The van der Waals surface area contributed by atoms with Gasteiger partial charge in [-0.1, -0.05) is 11.6 Å². The van der Waals surface area contributed by atoms with Gasteiger partial charge in [-0.15, -0.1) is 0 Å². The Kier molecular flexibility index (Phi) is 5.94. The van der Waals surface area contributed by atoms with Crippen molar-refractivity contribution in [2.75, 3.05) is 26.8 Å². The highest BCUT2D eigenvalue weighted by Crippen LogP contribution is 2.08. The van der Waals surface area contributed by atoms with Crippen LogP contribution in [0.4, 0.5) is 0 Å². The molecule has 0 spiro atoms. The van der Waals surface area contributed by atoms with Crippen LogP contribution in [0.3, 0.4) is 0 Å². The van der Waals surface area contributed by atoms with Crippen molar-refractivity contribution >= 4 is 6.08 Å². The number of ether oxygens (including phenoxy) is 1. The van der Waals surface area contributed by atoms with E-state index in [4.69, 9.17) is 4.74 Å². The van der Waals surface area contributed by atoms with Crippen molar-refractivity contribution in [2.24, 2.45) is 0 Å². The Labute approximate surface area is 104 Å². The normalized spacial score (nSPS) is 12.4. The molecule has 0 saturated carbocycles. The number of nitrogens with one attached hydrogen (secondary N) is 1. The summed E-state index contributed by atoms with van der Waals surface area (Å²) in [6.45, 7) is 8.88. The minimum absolute atomic E-state index is 0.414. The highest BCUT2D eigenvalue weighted by Gasteiger charge is 1.99. The Bertz CT molecular complexity index is 355. The fraction of sp³-hybridized carbons (Fsp3) is 0.615. The molecule has 4 nitrogen and oxygen atoms in total. The SMILES string of the molecule is COCCNCC(C)=Cc1cnn(C(C)C)c1. The van der Waals surface area contributed by atoms with Crippen LogP contribution in [0, 0.1) is 0 Å². The number of hydrogen-bond donors (Lipinski definition) is 1. The molecule has 0 bridgehead atoms. The number of aromatic nitrogens is 2. The Morgan fingerprint density at radius 2 is 2.35 bits per heavy atom. The van der Waals surface area contributed by atoms with Gasteiger partial charge in [0.05, 0.1) is 12.8 Å². The van der Waals surface area contributed by atoms with Crippen LogP contribution in [-0.2, 0) is 4.74 Å². The molecule has 1 aromatic heterocycles. The first-order chi connectivity index (χ1) is 8.13. The fourth-order valence-electron chi connectivity index (χ4n) is 1.51. The predicted octanol–water partition coefficient (Wildman–Crippen LogP) is 2.10. The third-order valence-electron chi connectivity index (χ3n) is 2.45. The summed E-state index contributed by atoms with van der Waals surface area (Å²) in [5.74, 6) is 0. The van der Waals surface area contributed by atoms with Crippen LogP contribution in [0.5, 0.6) is 0 Å². The van der Waals surface area contributed by atoms with Gasteiger partial charge in [0.25, 0.3) is 0 Å². The van der Waals surface area contributed by atoms with E-state index in [2.05, 4.69) is 43.5 Å². The van der Waals surface area contributed by atoms with Gasteiger partial charge in [-0.3, -0.25) is 4.68 Å². The molecule has 0 aromatic carbocycles. The summed E-state index contributed by atoms with van der Waals surface area (Å²) in [5, 5.41) is 7.63. The van der Waals surface area contributed by atoms with E-state index in [-0.39, 0.29) is 0 Å². The van der Waals surface area contributed by atoms with E-state index in [0.29, 0.717) is 6.04 Å². The van der Waals surface area contributed by atoms with Gasteiger partial charge in [0.1, 0.15) is 0 Å². The van der Waals surface area contributed by atoms with Crippen LogP contribution >= 0.6 is 0 Å². The molecule has 1 heterocycles. The predicted molar refractivity (Wildman–Crippen MR) is 71.0 cm³/mol. The van der Waals surface area contributed by atoms with Crippen molar-refractivity contribution in [2.45, 2.75) is 26.8 Å². The summed E-state index contributed by atoms with van der Waals surface area (Å²) in [6.07, 6.45) is 6.13. The molecule has 0 amide bonds. The van der Waals surface area contributed by atoms with Gasteiger partial charge in [-0.25, -0.2) is 0 Å². The lowest BCUT2D eigenvalue weighted by molar-refractivity contribution is 0.200. The van der Waals surface area contributed by atoms with E-state index in [0.717, 1.165) is 25.3 Å². The lowest BCUT2D eigenvalue weighted by Crippen LogP contribution is -2.20. The van der Waals surface area contributed by atoms with E-state index in [9.17, 15) is 0 Å². The first-order valence-corrected chi connectivity index (χ1v) is 6.04. The van der Waals surface area contributed by atoms with E-state index in [1.807, 2.05) is 10.9 Å². The van der Waals surface area contributed by atoms with Crippen molar-refractivity contribution in [3.05, 3.63) is 23.5 Å². The Hall–Kier alpha value is -1.13. The summed E-state index contributed by atoms with van der Waals surface area (Å²) in [7, 11) is 1.71. The van der Waals surface area contributed by atoms with E-state index in [1.165, 1.54) is 5.57 Å². The first-order valence-electron chi connectivity index (χ1n) is 6.04. The van der Waals surface area contributed by atoms with Crippen molar-refractivity contribution in [1.82, 2.24) is 15.1 Å². The maximum atomic E-state index is 4.98. The molecule has 0 radical (unpaired) electrons. The molecule has 1 rings (SSSR count). The van der Waals surface area contributed by atoms with Crippen LogP contribution in [0.1, 0.15) is 32.4 Å². The van der Waals surface area contributed by atoms with Gasteiger partial charge in [0.2, 0.25) is 0 Å². The van der Waals surface area contributed by atoms with Gasteiger partial charge in [0, 0.05) is 38.0 Å². The van der Waals surface area contributed by atoms with Crippen molar-refractivity contribution in [1.29, 1.82) is 0 Å². The van der Waals surface area contributed by atoms with Crippen LogP contribution < -0.4 is 5.32 Å². The van der Waals surface area contributed by atoms with E-state index >= 15 is 0 Å². The summed E-state index contributed by atoms with van der Waals surface area (Å²) in [4.78, 5) is 0. The number of methoxy groups -OCH3 is 1. The quantitative estimate of drug-likeness (QED) is 0.738. The Morgan fingerprint density at radius 3 is 2.94 bits per heavy atom. The second kappa shape index (κ2) is 7.25. The van der Waals surface area contributed by atoms with Gasteiger partial charge in [0.15, 0.2) is 0 Å². The highest BCUT2D eigenvalue weighted by atomic mass is 16.5. The zero-order chi connectivity index (χ0) is 12.7. The summed E-state index contributed by atoms with van der Waals surface area (Å²) < 4.78 is 6.95. The minimum Gasteiger partial charge on any atom is -0.383 e. The first kappa shape index (κ1) is 13.9. The van der Waals surface area contributed by atoms with Crippen LogP contribution in [-0.4, -0.2) is 36.6 Å².